The van der Waals surface area contributed by atoms with Crippen molar-refractivity contribution in [2.45, 2.75) is 6.54 Å². The fraction of sp³-hybridized carbons (Fsp3) is 0.0769. The van der Waals surface area contributed by atoms with Crippen molar-refractivity contribution >= 4 is 38.9 Å². The summed E-state index contributed by atoms with van der Waals surface area (Å²) in [5, 5.41) is 14.2. The summed E-state index contributed by atoms with van der Waals surface area (Å²) in [5.74, 6) is -0.634. The molecule has 7 heteroatoms. The largest absolute Gasteiger partial charge is 0.381 e. The van der Waals surface area contributed by atoms with Crippen LogP contribution < -0.4 is 5.32 Å². The Bertz CT molecular complexity index is 667. The zero-order valence-electron chi connectivity index (χ0n) is 10.1. The molecule has 0 aliphatic heterocycles. The van der Waals surface area contributed by atoms with Crippen LogP contribution in [0.5, 0.6) is 0 Å². The van der Waals surface area contributed by atoms with Crippen molar-refractivity contribution in [1.82, 2.24) is 0 Å². The van der Waals surface area contributed by atoms with Crippen molar-refractivity contribution in [2.24, 2.45) is 0 Å². The van der Waals surface area contributed by atoms with Crippen LogP contribution in [0, 0.1) is 15.9 Å². The maximum Gasteiger partial charge on any atom is 0.272 e. The number of nitrogens with one attached hydrogen (secondary N) is 1. The summed E-state index contributed by atoms with van der Waals surface area (Å²) in [5.41, 5.74) is 0.955. The van der Waals surface area contributed by atoms with Gasteiger partial charge in [0.05, 0.1) is 16.0 Å². The summed E-state index contributed by atoms with van der Waals surface area (Å²) in [7, 11) is 0. The molecule has 0 saturated carbocycles. The lowest BCUT2D eigenvalue weighted by Crippen LogP contribution is -2.01. The van der Waals surface area contributed by atoms with Crippen LogP contribution in [-0.2, 0) is 6.54 Å². The van der Waals surface area contributed by atoms with Crippen LogP contribution in [-0.4, -0.2) is 4.92 Å². The number of benzene rings is 2. The molecule has 4 nitrogen and oxygen atoms in total. The van der Waals surface area contributed by atoms with E-state index in [1.165, 1.54) is 12.1 Å². The molecule has 0 unspecified atom stereocenters. The molecule has 0 aromatic heterocycles. The van der Waals surface area contributed by atoms with E-state index in [-0.39, 0.29) is 12.2 Å². The third kappa shape index (κ3) is 3.68. The molecule has 0 amide bonds. The molecule has 0 aliphatic rings. The Kier molecular flexibility index (Phi) is 4.57. The van der Waals surface area contributed by atoms with Gasteiger partial charge in [-0.25, -0.2) is 4.39 Å². The molecule has 0 atom stereocenters. The van der Waals surface area contributed by atoms with Crippen molar-refractivity contribution in [2.75, 3.05) is 5.32 Å². The minimum Gasteiger partial charge on any atom is -0.381 e. The van der Waals surface area contributed by atoms with Gasteiger partial charge in [0.2, 0.25) is 0 Å². The molecule has 2 rings (SSSR count). The molecule has 1 N–H and O–H groups in total. The van der Waals surface area contributed by atoms with Crippen LogP contribution in [0.1, 0.15) is 5.56 Å². The van der Waals surface area contributed by atoms with Crippen LogP contribution in [0.15, 0.2) is 40.9 Å². The van der Waals surface area contributed by atoms with Crippen molar-refractivity contribution in [3.63, 3.8) is 0 Å². The van der Waals surface area contributed by atoms with E-state index >= 15 is 0 Å². The molecular formula is C13H9BrClFN2O2. The predicted molar refractivity (Wildman–Crippen MR) is 79.5 cm³/mol. The second-order valence-electron chi connectivity index (χ2n) is 4.06. The standard InChI is InChI=1S/C13H9BrClFN2O2/c14-12-2-1-10(6-13(12)15)17-7-8-3-9(16)5-11(4-8)18(19)20/h1-6,17H,7H2. The Morgan fingerprint density at radius 3 is 2.70 bits per heavy atom. The number of hydrogen-bond acceptors (Lipinski definition) is 3. The third-order valence-corrected chi connectivity index (χ3v) is 3.80. The van der Waals surface area contributed by atoms with Gasteiger partial charge in [-0.05, 0) is 45.8 Å². The van der Waals surface area contributed by atoms with E-state index < -0.39 is 10.7 Å². The molecule has 0 aliphatic carbocycles. The molecule has 0 heterocycles. The zero-order valence-corrected chi connectivity index (χ0v) is 12.4. The first kappa shape index (κ1) is 14.7. The number of rotatable bonds is 4. The molecule has 2 aromatic rings. The molecule has 20 heavy (non-hydrogen) atoms. The summed E-state index contributed by atoms with van der Waals surface area (Å²) in [6.45, 7) is 0.260. The van der Waals surface area contributed by atoms with Gasteiger partial charge < -0.3 is 5.32 Å². The van der Waals surface area contributed by atoms with Gasteiger partial charge in [0.1, 0.15) is 5.82 Å². The molecule has 0 saturated heterocycles. The summed E-state index contributed by atoms with van der Waals surface area (Å²) in [6.07, 6.45) is 0. The number of non-ortho nitro benzene ring substituents is 1. The van der Waals surface area contributed by atoms with Crippen LogP contribution in [0.25, 0.3) is 0 Å². The topological polar surface area (TPSA) is 55.2 Å². The fourth-order valence-electron chi connectivity index (χ4n) is 1.65. The predicted octanol–water partition coefficient (Wildman–Crippen LogP) is 4.76. The molecule has 0 bridgehead atoms. The van der Waals surface area contributed by atoms with Crippen LogP contribution in [0.3, 0.4) is 0 Å². The van der Waals surface area contributed by atoms with E-state index in [1.54, 1.807) is 18.2 Å². The first-order valence-corrected chi connectivity index (χ1v) is 6.75. The Labute approximate surface area is 127 Å². The Morgan fingerprint density at radius 2 is 2.05 bits per heavy atom. The zero-order chi connectivity index (χ0) is 14.7. The van der Waals surface area contributed by atoms with Crippen LogP contribution in [0.4, 0.5) is 15.8 Å². The number of halogens is 3. The maximum atomic E-state index is 13.3. The average molecular weight is 360 g/mol. The summed E-state index contributed by atoms with van der Waals surface area (Å²) >= 11 is 9.23. The SMILES string of the molecule is O=[N+]([O-])c1cc(F)cc(CNc2ccc(Br)c(Cl)c2)c1. The molecule has 0 radical (unpaired) electrons. The number of nitrogens with zero attached hydrogens (tertiary/aromatic N) is 1. The quantitative estimate of drug-likeness (QED) is 0.632. The molecule has 0 spiro atoms. The number of nitro groups is 1. The van der Waals surface area contributed by atoms with E-state index in [0.717, 1.165) is 16.2 Å². The molecule has 104 valence electrons. The van der Waals surface area contributed by atoms with Gasteiger partial charge in [0.15, 0.2) is 0 Å². The van der Waals surface area contributed by atoms with Gasteiger partial charge in [-0.3, -0.25) is 10.1 Å². The van der Waals surface area contributed by atoms with Gasteiger partial charge in [0, 0.05) is 22.8 Å². The van der Waals surface area contributed by atoms with E-state index in [9.17, 15) is 14.5 Å². The van der Waals surface area contributed by atoms with Gasteiger partial charge in [-0.2, -0.15) is 0 Å². The highest BCUT2D eigenvalue weighted by Gasteiger charge is 2.09. The second-order valence-corrected chi connectivity index (χ2v) is 5.32. The smallest absolute Gasteiger partial charge is 0.272 e. The Balaban J connectivity index is 2.14. The van der Waals surface area contributed by atoms with E-state index in [0.29, 0.717) is 10.6 Å². The first-order chi connectivity index (χ1) is 9.45. The van der Waals surface area contributed by atoms with Gasteiger partial charge in [0.25, 0.3) is 5.69 Å². The van der Waals surface area contributed by atoms with Crippen LogP contribution in [0.2, 0.25) is 5.02 Å². The van der Waals surface area contributed by atoms with E-state index in [1.807, 2.05) is 0 Å². The monoisotopic (exact) mass is 358 g/mol. The van der Waals surface area contributed by atoms with E-state index in [2.05, 4.69) is 21.2 Å². The number of hydrogen-bond donors (Lipinski definition) is 1. The number of nitro benzene ring substituents is 1. The third-order valence-electron chi connectivity index (χ3n) is 2.57. The highest BCUT2D eigenvalue weighted by Crippen LogP contribution is 2.26. The van der Waals surface area contributed by atoms with Crippen molar-refractivity contribution in [3.8, 4) is 0 Å². The number of anilines is 1. The summed E-state index contributed by atoms with van der Waals surface area (Å²) in [6, 6.07) is 8.75. The normalized spacial score (nSPS) is 10.3. The lowest BCUT2D eigenvalue weighted by molar-refractivity contribution is -0.385. The Hall–Kier alpha value is -1.66. The van der Waals surface area contributed by atoms with Crippen molar-refractivity contribution in [3.05, 3.63) is 67.4 Å². The Morgan fingerprint density at radius 1 is 1.30 bits per heavy atom. The fourth-order valence-corrected chi connectivity index (χ4v) is 2.08. The lowest BCUT2D eigenvalue weighted by atomic mass is 10.2. The average Bonchev–Trinajstić information content (AvgIpc) is 2.39. The highest BCUT2D eigenvalue weighted by atomic mass is 79.9. The van der Waals surface area contributed by atoms with Crippen molar-refractivity contribution in [1.29, 1.82) is 0 Å². The maximum absolute atomic E-state index is 13.3. The second kappa shape index (κ2) is 6.19. The summed E-state index contributed by atoms with van der Waals surface area (Å²) < 4.78 is 14.0. The minimum atomic E-state index is -0.634. The highest BCUT2D eigenvalue weighted by molar-refractivity contribution is 9.10. The van der Waals surface area contributed by atoms with Crippen molar-refractivity contribution < 1.29 is 9.31 Å². The first-order valence-electron chi connectivity index (χ1n) is 5.58. The van der Waals surface area contributed by atoms with Crippen LogP contribution >= 0.6 is 27.5 Å². The van der Waals surface area contributed by atoms with Gasteiger partial charge in [-0.1, -0.05) is 11.6 Å². The van der Waals surface area contributed by atoms with Gasteiger partial charge in [-0.15, -0.1) is 0 Å². The molecular weight excluding hydrogens is 351 g/mol. The lowest BCUT2D eigenvalue weighted by Gasteiger charge is -2.08. The minimum absolute atomic E-state index is 0.260. The molecule has 0 fully saturated rings. The molecule has 2 aromatic carbocycles. The van der Waals surface area contributed by atoms with Gasteiger partial charge >= 0.3 is 0 Å². The van der Waals surface area contributed by atoms with E-state index in [4.69, 9.17) is 11.6 Å². The summed E-state index contributed by atoms with van der Waals surface area (Å²) in [4.78, 5) is 10.0.